The maximum absolute atomic E-state index is 11.8. The Hall–Kier alpha value is -1.14. The van der Waals surface area contributed by atoms with Crippen LogP contribution in [0, 0.1) is 11.8 Å². The molecule has 2 aliphatic rings. The van der Waals surface area contributed by atoms with Crippen molar-refractivity contribution in [1.29, 1.82) is 0 Å². The average Bonchev–Trinajstić information content (AvgIpc) is 3.41. The third kappa shape index (κ3) is 5.95. The van der Waals surface area contributed by atoms with E-state index in [2.05, 4.69) is 27.7 Å². The van der Waals surface area contributed by atoms with Crippen LogP contribution in [0.2, 0.25) is 0 Å². The van der Waals surface area contributed by atoms with E-state index < -0.39 is 11.9 Å². The fourth-order valence-electron chi connectivity index (χ4n) is 3.05. The van der Waals surface area contributed by atoms with Gasteiger partial charge in [-0.1, -0.05) is 13.8 Å². The van der Waals surface area contributed by atoms with Crippen LogP contribution in [0.3, 0.4) is 0 Å². The maximum atomic E-state index is 11.8. The van der Waals surface area contributed by atoms with Gasteiger partial charge in [0, 0.05) is 0 Å². The van der Waals surface area contributed by atoms with Crippen molar-refractivity contribution in [1.82, 2.24) is 0 Å². The minimum atomic E-state index is -0.905. The second-order valence-electron chi connectivity index (χ2n) is 8.63. The van der Waals surface area contributed by atoms with E-state index in [0.717, 1.165) is 25.7 Å². The van der Waals surface area contributed by atoms with Crippen LogP contribution in [0.5, 0.6) is 0 Å². The molecule has 0 aromatic carbocycles. The molecule has 6 nitrogen and oxygen atoms in total. The van der Waals surface area contributed by atoms with Crippen LogP contribution in [0.4, 0.5) is 0 Å². The van der Waals surface area contributed by atoms with Gasteiger partial charge in [0.25, 0.3) is 0 Å². The molecule has 150 valence electrons. The van der Waals surface area contributed by atoms with E-state index in [9.17, 15) is 9.59 Å². The van der Waals surface area contributed by atoms with E-state index >= 15 is 0 Å². The van der Waals surface area contributed by atoms with Crippen molar-refractivity contribution in [2.75, 3.05) is 13.2 Å². The molecule has 0 aliphatic carbocycles. The Morgan fingerprint density at radius 3 is 1.42 bits per heavy atom. The lowest BCUT2D eigenvalue weighted by molar-refractivity contribution is -0.169. The Morgan fingerprint density at radius 2 is 1.15 bits per heavy atom. The van der Waals surface area contributed by atoms with E-state index in [1.54, 1.807) is 0 Å². The molecule has 0 aromatic rings. The highest BCUT2D eigenvalue weighted by atomic mass is 16.6. The van der Waals surface area contributed by atoms with Crippen LogP contribution in [-0.2, 0) is 28.5 Å². The molecule has 2 heterocycles. The van der Waals surface area contributed by atoms with Gasteiger partial charge in [-0.15, -0.1) is 0 Å². The second kappa shape index (κ2) is 8.26. The summed E-state index contributed by atoms with van der Waals surface area (Å²) in [6.07, 6.45) is 4.23. The van der Waals surface area contributed by atoms with Crippen molar-refractivity contribution in [3.63, 3.8) is 0 Å². The van der Waals surface area contributed by atoms with Crippen LogP contribution < -0.4 is 0 Å². The molecule has 26 heavy (non-hydrogen) atoms. The van der Waals surface area contributed by atoms with E-state index in [-0.39, 0.29) is 36.3 Å². The summed E-state index contributed by atoms with van der Waals surface area (Å²) in [5.74, 6) is -1.45. The van der Waals surface area contributed by atoms with Gasteiger partial charge in [-0.2, -0.15) is 0 Å². The highest BCUT2D eigenvalue weighted by Crippen LogP contribution is 2.41. The molecule has 0 radical (unpaired) electrons. The minimum Gasteiger partial charge on any atom is -0.457 e. The number of rotatable bonds is 10. The van der Waals surface area contributed by atoms with E-state index in [1.165, 1.54) is 0 Å². The summed E-state index contributed by atoms with van der Waals surface area (Å²) in [6, 6.07) is 0. The zero-order chi connectivity index (χ0) is 19.5. The Bertz CT molecular complexity index is 474. The molecular formula is C20H34O6. The van der Waals surface area contributed by atoms with Crippen molar-refractivity contribution in [3.8, 4) is 0 Å². The Labute approximate surface area is 156 Å². The summed E-state index contributed by atoms with van der Waals surface area (Å²) >= 11 is 0. The first kappa shape index (κ1) is 21.2. The first-order valence-corrected chi connectivity index (χ1v) is 9.75. The van der Waals surface area contributed by atoms with Gasteiger partial charge in [0.1, 0.15) is 0 Å². The molecule has 2 rings (SSSR count). The van der Waals surface area contributed by atoms with Gasteiger partial charge in [-0.05, 0) is 65.2 Å². The van der Waals surface area contributed by atoms with Crippen molar-refractivity contribution < 1.29 is 28.5 Å². The fourth-order valence-corrected chi connectivity index (χ4v) is 3.05. The first-order valence-electron chi connectivity index (χ1n) is 9.75. The zero-order valence-electron chi connectivity index (χ0n) is 17.0. The van der Waals surface area contributed by atoms with E-state index in [1.807, 2.05) is 13.8 Å². The van der Waals surface area contributed by atoms with Crippen molar-refractivity contribution in [2.24, 2.45) is 11.8 Å². The number of hydrogen-bond acceptors (Lipinski definition) is 6. The number of epoxide rings is 2. The molecule has 0 aromatic heterocycles. The molecule has 0 N–H and O–H groups in total. The lowest BCUT2D eigenvalue weighted by Crippen LogP contribution is -2.25. The van der Waals surface area contributed by atoms with Gasteiger partial charge < -0.3 is 18.9 Å². The molecule has 2 aliphatic heterocycles. The molecule has 2 saturated heterocycles. The third-order valence-electron chi connectivity index (χ3n) is 5.93. The molecule has 6 heteroatoms. The third-order valence-corrected chi connectivity index (χ3v) is 5.93. The van der Waals surface area contributed by atoms with E-state index in [4.69, 9.17) is 18.9 Å². The topological polar surface area (TPSA) is 77.7 Å². The highest BCUT2D eigenvalue weighted by molar-refractivity contribution is 6.29. The van der Waals surface area contributed by atoms with Gasteiger partial charge in [0.15, 0.2) is 0 Å². The quantitative estimate of drug-likeness (QED) is 0.334. The number of ether oxygens (including phenoxy) is 4. The lowest BCUT2D eigenvalue weighted by atomic mass is 9.96. The molecule has 0 bridgehead atoms. The van der Waals surface area contributed by atoms with Crippen molar-refractivity contribution >= 4 is 11.9 Å². The molecule has 6 unspecified atom stereocenters. The molecule has 0 saturated carbocycles. The van der Waals surface area contributed by atoms with Crippen LogP contribution in [-0.4, -0.2) is 48.6 Å². The predicted octanol–water partition coefficient (Wildman–Crippen LogP) is 3.26. The Morgan fingerprint density at radius 1 is 0.846 bits per heavy atom. The van der Waals surface area contributed by atoms with Gasteiger partial charge in [0.2, 0.25) is 0 Å². The molecule has 6 atom stereocenters. The fraction of sp³-hybridized carbons (Fsp3) is 0.900. The smallest absolute Gasteiger partial charge is 0.417 e. The van der Waals surface area contributed by atoms with Gasteiger partial charge >= 0.3 is 11.9 Å². The second-order valence-corrected chi connectivity index (χ2v) is 8.63. The van der Waals surface area contributed by atoms with Crippen molar-refractivity contribution in [3.05, 3.63) is 0 Å². The van der Waals surface area contributed by atoms with Crippen molar-refractivity contribution in [2.45, 2.75) is 90.6 Å². The normalized spacial score (nSPS) is 34.7. The summed E-state index contributed by atoms with van der Waals surface area (Å²) < 4.78 is 21.2. The first-order chi connectivity index (χ1) is 12.1. The molecule has 0 spiro atoms. The molecule has 0 amide bonds. The van der Waals surface area contributed by atoms with Gasteiger partial charge in [0.05, 0.1) is 36.6 Å². The zero-order valence-corrected chi connectivity index (χ0v) is 17.0. The summed E-state index contributed by atoms with van der Waals surface area (Å²) in [4.78, 5) is 23.5. The van der Waals surface area contributed by atoms with Gasteiger partial charge in [-0.25, -0.2) is 9.59 Å². The lowest BCUT2D eigenvalue weighted by Gasteiger charge is -2.15. The number of hydrogen-bond donors (Lipinski definition) is 0. The maximum Gasteiger partial charge on any atom is 0.417 e. The van der Waals surface area contributed by atoms with Crippen LogP contribution in [0.15, 0.2) is 0 Å². The number of carbonyl (C=O) groups is 2. The Kier molecular flexibility index (Phi) is 6.72. The Balaban J connectivity index is 1.54. The molecular weight excluding hydrogens is 336 g/mol. The van der Waals surface area contributed by atoms with Crippen LogP contribution >= 0.6 is 0 Å². The predicted molar refractivity (Wildman–Crippen MR) is 96.6 cm³/mol. The van der Waals surface area contributed by atoms with Crippen LogP contribution in [0.1, 0.15) is 67.2 Å². The van der Waals surface area contributed by atoms with Gasteiger partial charge in [-0.3, -0.25) is 0 Å². The largest absolute Gasteiger partial charge is 0.457 e. The highest BCUT2D eigenvalue weighted by Gasteiger charge is 2.48. The van der Waals surface area contributed by atoms with E-state index in [0.29, 0.717) is 12.2 Å². The number of carbonyl (C=O) groups excluding carboxylic acids is 2. The average molecular weight is 370 g/mol. The number of esters is 2. The minimum absolute atomic E-state index is 0.0340. The summed E-state index contributed by atoms with van der Waals surface area (Å²) in [6.45, 7) is 12.7. The summed E-state index contributed by atoms with van der Waals surface area (Å²) in [5, 5.41) is 0. The standard InChI is InChI=1S/C20H34O6/c1-13(7-9-19(5)15(3)25-19)11-23-17(21)18(22)24-12-14(2)8-10-20(6)16(4)26-20/h13-16H,7-12H2,1-6H3. The summed E-state index contributed by atoms with van der Waals surface area (Å²) in [7, 11) is 0. The SMILES string of the molecule is CC(CCC1(C)OC1C)COC(=O)C(=O)OCC(C)CCC1(C)OC1C. The summed E-state index contributed by atoms with van der Waals surface area (Å²) in [5.41, 5.74) is -0.0680. The van der Waals surface area contributed by atoms with Crippen LogP contribution in [0.25, 0.3) is 0 Å². The molecule has 2 fully saturated rings. The monoisotopic (exact) mass is 370 g/mol.